The Morgan fingerprint density at radius 1 is 0.857 bits per heavy atom. The predicted molar refractivity (Wildman–Crippen MR) is 170 cm³/mol. The molecule has 0 spiro atoms. The van der Waals surface area contributed by atoms with Crippen molar-refractivity contribution in [2.45, 2.75) is 59.1 Å². The molecule has 0 radical (unpaired) electrons. The average Bonchev–Trinajstić information content (AvgIpc) is 3.57. The van der Waals surface area contributed by atoms with Crippen molar-refractivity contribution in [2.75, 3.05) is 0 Å². The smallest absolute Gasteiger partial charge is 0.339 e. The number of benzene rings is 4. The second-order valence-corrected chi connectivity index (χ2v) is 11.8. The van der Waals surface area contributed by atoms with Gasteiger partial charge in [0.25, 0.3) is 0 Å². The fraction of sp³-hybridized carbons (Fsp3) is 0.250. The number of rotatable bonds is 8. The van der Waals surface area contributed by atoms with Crippen molar-refractivity contribution in [3.63, 3.8) is 0 Å². The zero-order valence-electron chi connectivity index (χ0n) is 24.6. The largest absolute Gasteiger partial charge is 0.456 e. The lowest BCUT2D eigenvalue weighted by Gasteiger charge is -2.20. The Kier molecular flexibility index (Phi) is 7.38. The van der Waals surface area contributed by atoms with E-state index in [2.05, 4.69) is 58.9 Å². The molecule has 0 amide bonds. The Hall–Kier alpha value is -4.71. The van der Waals surface area contributed by atoms with Gasteiger partial charge in [-0.1, -0.05) is 67.9 Å². The maximum absolute atomic E-state index is 12.9. The third-order valence-corrected chi connectivity index (χ3v) is 7.40. The summed E-state index contributed by atoms with van der Waals surface area (Å²) in [6.45, 7) is 8.57. The molecule has 0 aliphatic rings. The van der Waals surface area contributed by atoms with Gasteiger partial charge in [-0.2, -0.15) is 0 Å². The van der Waals surface area contributed by atoms with Crippen LogP contribution in [-0.4, -0.2) is 31.1 Å². The van der Waals surface area contributed by atoms with E-state index in [4.69, 9.17) is 14.7 Å². The lowest BCUT2D eigenvalue weighted by atomic mass is 9.98. The number of hydrogen-bond acceptors (Lipinski definition) is 4. The molecule has 0 saturated carbocycles. The van der Waals surface area contributed by atoms with Crippen LogP contribution in [0, 0.1) is 0 Å². The number of imidazole rings is 2. The van der Waals surface area contributed by atoms with E-state index in [-0.39, 0.29) is 5.97 Å². The summed E-state index contributed by atoms with van der Waals surface area (Å²) < 4.78 is 8.00. The highest BCUT2D eigenvalue weighted by Crippen LogP contribution is 2.29. The van der Waals surface area contributed by atoms with Crippen LogP contribution in [0.25, 0.3) is 44.6 Å². The molecule has 42 heavy (non-hydrogen) atoms. The molecule has 0 aliphatic heterocycles. The number of nitrogens with zero attached hydrogens (tertiary/aromatic N) is 3. The molecule has 0 aliphatic carbocycles. The van der Waals surface area contributed by atoms with Crippen LogP contribution < -0.4 is 0 Å². The summed E-state index contributed by atoms with van der Waals surface area (Å²) in [7, 11) is 0. The lowest BCUT2D eigenvalue weighted by molar-refractivity contribution is 0.00704. The highest BCUT2D eigenvalue weighted by molar-refractivity contribution is 5.97. The molecular formula is C36H36N4O2. The molecule has 0 bridgehead atoms. The van der Waals surface area contributed by atoms with Crippen LogP contribution >= 0.6 is 0 Å². The van der Waals surface area contributed by atoms with Crippen LogP contribution in [0.4, 0.5) is 0 Å². The number of para-hydroxylation sites is 2. The van der Waals surface area contributed by atoms with Crippen LogP contribution in [0.5, 0.6) is 0 Å². The van der Waals surface area contributed by atoms with E-state index in [1.54, 1.807) is 0 Å². The summed E-state index contributed by atoms with van der Waals surface area (Å²) in [5.41, 5.74) is 8.14. The third kappa shape index (κ3) is 5.70. The van der Waals surface area contributed by atoms with Crippen LogP contribution in [0.15, 0.2) is 91.0 Å². The summed E-state index contributed by atoms with van der Waals surface area (Å²) in [5, 5.41) is 0. The Morgan fingerprint density at radius 2 is 1.60 bits per heavy atom. The SMILES string of the molecule is CCCCc1nc2ccc(-c3nc4ccccc4[nH]3)cc2n1Cc1ccc(-c2ccccc2C(=O)OC(C)(C)C)cc1. The number of ether oxygens (including phenoxy) is 1. The van der Waals surface area contributed by atoms with Gasteiger partial charge in [0.1, 0.15) is 17.2 Å². The van der Waals surface area contributed by atoms with Gasteiger partial charge in [0.2, 0.25) is 0 Å². The van der Waals surface area contributed by atoms with Crippen molar-refractivity contribution in [3.05, 3.63) is 108 Å². The molecule has 0 fully saturated rings. The molecule has 2 aromatic heterocycles. The van der Waals surface area contributed by atoms with E-state index in [1.165, 1.54) is 5.56 Å². The first-order valence-corrected chi connectivity index (χ1v) is 14.6. The summed E-state index contributed by atoms with van der Waals surface area (Å²) in [6.07, 6.45) is 3.12. The summed E-state index contributed by atoms with van der Waals surface area (Å²) >= 11 is 0. The van der Waals surface area contributed by atoms with Gasteiger partial charge in [-0.15, -0.1) is 0 Å². The van der Waals surface area contributed by atoms with E-state index in [1.807, 2.05) is 69.3 Å². The van der Waals surface area contributed by atoms with Crippen molar-refractivity contribution >= 4 is 28.0 Å². The highest BCUT2D eigenvalue weighted by atomic mass is 16.6. The fourth-order valence-corrected chi connectivity index (χ4v) is 5.33. The molecule has 4 aromatic carbocycles. The number of aromatic nitrogens is 4. The lowest BCUT2D eigenvalue weighted by Crippen LogP contribution is -2.24. The molecule has 2 heterocycles. The molecule has 6 nitrogen and oxygen atoms in total. The normalized spacial score (nSPS) is 11.8. The van der Waals surface area contributed by atoms with Crippen LogP contribution in [0.1, 0.15) is 62.3 Å². The zero-order chi connectivity index (χ0) is 29.3. The number of fused-ring (bicyclic) bond motifs is 2. The van der Waals surface area contributed by atoms with Crippen molar-refractivity contribution < 1.29 is 9.53 Å². The van der Waals surface area contributed by atoms with Gasteiger partial charge >= 0.3 is 5.97 Å². The molecule has 6 heteroatoms. The Balaban J connectivity index is 1.33. The number of nitrogens with one attached hydrogen (secondary N) is 1. The van der Waals surface area contributed by atoms with E-state index < -0.39 is 5.60 Å². The van der Waals surface area contributed by atoms with Gasteiger partial charge in [-0.3, -0.25) is 0 Å². The van der Waals surface area contributed by atoms with Gasteiger partial charge < -0.3 is 14.3 Å². The summed E-state index contributed by atoms with van der Waals surface area (Å²) in [4.78, 5) is 26.2. The van der Waals surface area contributed by atoms with E-state index in [0.29, 0.717) is 12.1 Å². The fourth-order valence-electron chi connectivity index (χ4n) is 5.33. The summed E-state index contributed by atoms with van der Waals surface area (Å²) in [5.74, 6) is 1.63. The predicted octanol–water partition coefficient (Wildman–Crippen LogP) is 8.59. The molecular weight excluding hydrogens is 520 g/mol. The maximum atomic E-state index is 12.9. The van der Waals surface area contributed by atoms with Crippen molar-refractivity contribution in [1.29, 1.82) is 0 Å². The number of carbonyl (C=O) groups excluding carboxylic acids is 1. The minimum atomic E-state index is -0.554. The topological polar surface area (TPSA) is 72.8 Å². The average molecular weight is 557 g/mol. The minimum Gasteiger partial charge on any atom is -0.456 e. The second kappa shape index (κ2) is 11.3. The van der Waals surface area contributed by atoms with Gasteiger partial charge in [0.05, 0.1) is 27.6 Å². The molecule has 0 saturated heterocycles. The highest BCUT2D eigenvalue weighted by Gasteiger charge is 2.21. The van der Waals surface area contributed by atoms with Crippen LogP contribution in [0.3, 0.4) is 0 Å². The Labute approximate surface area is 246 Å². The van der Waals surface area contributed by atoms with Gasteiger partial charge in [-0.05, 0) is 80.3 Å². The number of aryl methyl sites for hydroxylation is 1. The maximum Gasteiger partial charge on any atom is 0.339 e. The molecule has 1 N–H and O–H groups in total. The van der Waals surface area contributed by atoms with E-state index in [9.17, 15) is 4.79 Å². The van der Waals surface area contributed by atoms with Crippen molar-refractivity contribution in [3.8, 4) is 22.5 Å². The Morgan fingerprint density at radius 3 is 2.36 bits per heavy atom. The van der Waals surface area contributed by atoms with Crippen LogP contribution in [0.2, 0.25) is 0 Å². The number of hydrogen-bond donors (Lipinski definition) is 1. The second-order valence-electron chi connectivity index (χ2n) is 11.8. The first kappa shape index (κ1) is 27.5. The number of carbonyl (C=O) groups is 1. The van der Waals surface area contributed by atoms with E-state index in [0.717, 1.165) is 69.7 Å². The number of H-pyrrole nitrogens is 1. The van der Waals surface area contributed by atoms with Crippen molar-refractivity contribution in [2.24, 2.45) is 0 Å². The van der Waals surface area contributed by atoms with Gasteiger partial charge in [0, 0.05) is 18.5 Å². The van der Waals surface area contributed by atoms with Crippen molar-refractivity contribution in [1.82, 2.24) is 19.5 Å². The molecule has 6 aromatic rings. The Bertz CT molecular complexity index is 1840. The van der Waals surface area contributed by atoms with Gasteiger partial charge in [-0.25, -0.2) is 14.8 Å². The zero-order valence-corrected chi connectivity index (χ0v) is 24.6. The van der Waals surface area contributed by atoms with Crippen LogP contribution in [-0.2, 0) is 17.7 Å². The van der Waals surface area contributed by atoms with E-state index >= 15 is 0 Å². The van der Waals surface area contributed by atoms with Gasteiger partial charge in [0.15, 0.2) is 0 Å². The number of aromatic amines is 1. The molecule has 0 atom stereocenters. The standard InChI is InChI=1S/C36H36N4O2/c1-5-6-15-33-37-31-21-20-26(34-38-29-13-9-10-14-30(29)39-34)22-32(31)40(33)23-24-16-18-25(19-17-24)27-11-7-8-12-28(27)35(41)42-36(2,3)4/h7-14,16-22H,5-6,15,23H2,1-4H3,(H,38,39). The quantitative estimate of drug-likeness (QED) is 0.191. The third-order valence-electron chi connectivity index (χ3n) is 7.40. The molecule has 0 unspecified atom stereocenters. The first-order chi connectivity index (χ1) is 20.3. The number of unbranched alkanes of at least 4 members (excludes halogenated alkanes) is 1. The summed E-state index contributed by atoms with van der Waals surface area (Å²) in [6, 6.07) is 30.6. The first-order valence-electron chi connectivity index (χ1n) is 14.6. The number of esters is 1. The monoisotopic (exact) mass is 556 g/mol. The minimum absolute atomic E-state index is 0.312. The molecule has 6 rings (SSSR count). The molecule has 212 valence electrons.